The van der Waals surface area contributed by atoms with Gasteiger partial charge in [-0.2, -0.15) is 0 Å². The van der Waals surface area contributed by atoms with Gasteiger partial charge in [0.1, 0.15) is 17.4 Å². The molecule has 2 aromatic rings. The number of aryl methyl sites for hydroxylation is 1. The zero-order valence-corrected chi connectivity index (χ0v) is 11.9. The van der Waals surface area contributed by atoms with E-state index in [9.17, 15) is 5.11 Å². The maximum atomic E-state index is 10.2. The molecule has 0 radical (unpaired) electrons. The molecule has 3 heteroatoms. The van der Waals surface area contributed by atoms with Crippen molar-refractivity contribution in [3.05, 3.63) is 36.0 Å². The van der Waals surface area contributed by atoms with E-state index in [1.165, 1.54) is 6.42 Å². The highest BCUT2D eigenvalue weighted by Gasteiger charge is 2.23. The van der Waals surface area contributed by atoms with E-state index in [1.807, 2.05) is 31.2 Å². The zero-order chi connectivity index (χ0) is 13.9. The quantitative estimate of drug-likeness (QED) is 0.848. The van der Waals surface area contributed by atoms with Crippen molar-refractivity contribution in [3.63, 3.8) is 0 Å². The molecule has 0 saturated heterocycles. The topological polar surface area (TPSA) is 42.4 Å². The molecule has 1 saturated carbocycles. The van der Waals surface area contributed by atoms with Gasteiger partial charge in [-0.15, -0.1) is 0 Å². The van der Waals surface area contributed by atoms with Crippen molar-refractivity contribution in [2.24, 2.45) is 0 Å². The summed E-state index contributed by atoms with van der Waals surface area (Å²) >= 11 is 0. The Morgan fingerprint density at radius 3 is 2.85 bits per heavy atom. The molecule has 0 amide bonds. The maximum Gasteiger partial charge on any atom is 0.146 e. The SMILES string of the molecule is Cc1ccc2cccc(OC3CCCCCC3O)c2n1. The molecule has 1 aliphatic carbocycles. The fourth-order valence-corrected chi connectivity index (χ4v) is 2.87. The van der Waals surface area contributed by atoms with Crippen molar-refractivity contribution in [1.29, 1.82) is 0 Å². The number of rotatable bonds is 2. The third-order valence-corrected chi connectivity index (χ3v) is 4.02. The molecule has 1 aliphatic rings. The van der Waals surface area contributed by atoms with Crippen LogP contribution in [0, 0.1) is 6.92 Å². The summed E-state index contributed by atoms with van der Waals surface area (Å²) in [5, 5.41) is 11.3. The second-order valence-corrected chi connectivity index (χ2v) is 5.64. The fourth-order valence-electron chi connectivity index (χ4n) is 2.87. The first-order valence-electron chi connectivity index (χ1n) is 7.45. The minimum atomic E-state index is -0.363. The second kappa shape index (κ2) is 5.80. The Hall–Kier alpha value is -1.61. The molecular formula is C17H21NO2. The van der Waals surface area contributed by atoms with Crippen LogP contribution in [0.25, 0.3) is 10.9 Å². The monoisotopic (exact) mass is 271 g/mol. The Balaban J connectivity index is 1.91. The minimum absolute atomic E-state index is 0.106. The lowest BCUT2D eigenvalue weighted by Crippen LogP contribution is -2.30. The molecule has 3 rings (SSSR count). The summed E-state index contributed by atoms with van der Waals surface area (Å²) in [6.07, 6.45) is 4.69. The van der Waals surface area contributed by atoms with E-state index in [2.05, 4.69) is 11.1 Å². The van der Waals surface area contributed by atoms with Crippen molar-refractivity contribution >= 4 is 10.9 Å². The number of fused-ring (bicyclic) bond motifs is 1. The number of aliphatic hydroxyl groups is 1. The highest BCUT2D eigenvalue weighted by molar-refractivity contribution is 5.84. The number of pyridine rings is 1. The molecular weight excluding hydrogens is 250 g/mol. The van der Waals surface area contributed by atoms with Crippen molar-refractivity contribution in [2.75, 3.05) is 0 Å². The molecule has 106 valence electrons. The van der Waals surface area contributed by atoms with Crippen LogP contribution < -0.4 is 4.74 Å². The minimum Gasteiger partial charge on any atom is -0.485 e. The molecule has 1 aromatic carbocycles. The summed E-state index contributed by atoms with van der Waals surface area (Å²) in [5.74, 6) is 0.789. The van der Waals surface area contributed by atoms with Gasteiger partial charge in [-0.25, -0.2) is 4.98 Å². The van der Waals surface area contributed by atoms with Crippen LogP contribution >= 0.6 is 0 Å². The lowest BCUT2D eigenvalue weighted by molar-refractivity contribution is 0.0328. The van der Waals surface area contributed by atoms with E-state index in [0.29, 0.717) is 0 Å². The standard InChI is InChI=1S/C17H21NO2/c1-12-10-11-13-6-5-9-16(17(13)18-12)20-15-8-4-2-3-7-14(15)19/h5-6,9-11,14-15,19H,2-4,7-8H2,1H3. The molecule has 0 bridgehead atoms. The maximum absolute atomic E-state index is 10.2. The second-order valence-electron chi connectivity index (χ2n) is 5.64. The average Bonchev–Trinajstić information content (AvgIpc) is 2.65. The number of benzene rings is 1. The first-order valence-corrected chi connectivity index (χ1v) is 7.45. The molecule has 2 unspecified atom stereocenters. The van der Waals surface area contributed by atoms with E-state index >= 15 is 0 Å². The van der Waals surface area contributed by atoms with Gasteiger partial charge in [0.15, 0.2) is 0 Å². The fraction of sp³-hybridized carbons (Fsp3) is 0.471. The summed E-state index contributed by atoms with van der Waals surface area (Å²) in [5.41, 5.74) is 1.87. The predicted molar refractivity (Wildman–Crippen MR) is 80.0 cm³/mol. The van der Waals surface area contributed by atoms with E-state index < -0.39 is 0 Å². The third kappa shape index (κ3) is 2.78. The molecule has 1 aromatic heterocycles. The molecule has 2 atom stereocenters. The highest BCUT2D eigenvalue weighted by atomic mass is 16.5. The van der Waals surface area contributed by atoms with Gasteiger partial charge in [0.25, 0.3) is 0 Å². The number of aromatic nitrogens is 1. The number of ether oxygens (including phenoxy) is 1. The van der Waals surface area contributed by atoms with Gasteiger partial charge in [0, 0.05) is 11.1 Å². The number of para-hydroxylation sites is 1. The van der Waals surface area contributed by atoms with Gasteiger partial charge in [0.05, 0.1) is 6.10 Å². The number of hydrogen-bond acceptors (Lipinski definition) is 3. The van der Waals surface area contributed by atoms with Crippen LogP contribution in [0.2, 0.25) is 0 Å². The van der Waals surface area contributed by atoms with E-state index in [0.717, 1.165) is 48.0 Å². The van der Waals surface area contributed by atoms with Gasteiger partial charge in [-0.05, 0) is 38.3 Å². The number of aliphatic hydroxyl groups excluding tert-OH is 1. The summed E-state index contributed by atoms with van der Waals surface area (Å²) in [7, 11) is 0. The van der Waals surface area contributed by atoms with Crippen LogP contribution in [-0.4, -0.2) is 22.3 Å². The van der Waals surface area contributed by atoms with Gasteiger partial charge in [-0.1, -0.05) is 31.0 Å². The van der Waals surface area contributed by atoms with Crippen molar-refractivity contribution in [2.45, 2.75) is 51.2 Å². The summed E-state index contributed by atoms with van der Waals surface area (Å²) in [6.45, 7) is 1.98. The number of nitrogens with zero attached hydrogens (tertiary/aromatic N) is 1. The Labute approximate surface area is 119 Å². The molecule has 1 fully saturated rings. The van der Waals surface area contributed by atoms with Crippen molar-refractivity contribution < 1.29 is 9.84 Å². The lowest BCUT2D eigenvalue weighted by Gasteiger charge is -2.22. The largest absolute Gasteiger partial charge is 0.485 e. The first kappa shape index (κ1) is 13.4. The van der Waals surface area contributed by atoms with E-state index in [1.54, 1.807) is 0 Å². The Morgan fingerprint density at radius 2 is 1.95 bits per heavy atom. The summed E-state index contributed by atoms with van der Waals surface area (Å²) < 4.78 is 6.10. The molecule has 1 N–H and O–H groups in total. The van der Waals surface area contributed by atoms with Gasteiger partial charge < -0.3 is 9.84 Å². The highest BCUT2D eigenvalue weighted by Crippen LogP contribution is 2.28. The van der Waals surface area contributed by atoms with Crippen LogP contribution in [0.1, 0.15) is 37.8 Å². The van der Waals surface area contributed by atoms with E-state index in [-0.39, 0.29) is 12.2 Å². The predicted octanol–water partition coefficient (Wildman–Crippen LogP) is 3.62. The molecule has 3 nitrogen and oxygen atoms in total. The average molecular weight is 271 g/mol. The zero-order valence-electron chi connectivity index (χ0n) is 11.9. The Bertz CT molecular complexity index is 597. The molecule has 1 heterocycles. The first-order chi connectivity index (χ1) is 9.74. The third-order valence-electron chi connectivity index (χ3n) is 4.02. The van der Waals surface area contributed by atoms with Gasteiger partial charge >= 0.3 is 0 Å². The van der Waals surface area contributed by atoms with Gasteiger partial charge in [-0.3, -0.25) is 0 Å². The van der Waals surface area contributed by atoms with Crippen LogP contribution in [0.3, 0.4) is 0 Å². The summed E-state index contributed by atoms with van der Waals surface area (Å²) in [6, 6.07) is 10.0. The smallest absolute Gasteiger partial charge is 0.146 e. The number of hydrogen-bond donors (Lipinski definition) is 1. The van der Waals surface area contributed by atoms with Crippen LogP contribution in [-0.2, 0) is 0 Å². The Morgan fingerprint density at radius 1 is 1.10 bits per heavy atom. The molecule has 0 aliphatic heterocycles. The van der Waals surface area contributed by atoms with E-state index in [4.69, 9.17) is 4.74 Å². The van der Waals surface area contributed by atoms with Crippen molar-refractivity contribution in [3.8, 4) is 5.75 Å². The molecule has 0 spiro atoms. The molecule has 20 heavy (non-hydrogen) atoms. The lowest BCUT2D eigenvalue weighted by atomic mass is 10.1. The normalized spacial score (nSPS) is 23.5. The van der Waals surface area contributed by atoms with Crippen LogP contribution in [0.4, 0.5) is 0 Å². The Kier molecular flexibility index (Phi) is 3.88. The van der Waals surface area contributed by atoms with Crippen molar-refractivity contribution in [1.82, 2.24) is 4.98 Å². The van der Waals surface area contributed by atoms with Crippen LogP contribution in [0.15, 0.2) is 30.3 Å². The summed E-state index contributed by atoms with van der Waals surface area (Å²) in [4.78, 5) is 4.58. The van der Waals surface area contributed by atoms with Gasteiger partial charge in [0.2, 0.25) is 0 Å². The van der Waals surface area contributed by atoms with Crippen LogP contribution in [0.5, 0.6) is 5.75 Å².